The minimum atomic E-state index is 0.837. The lowest BCUT2D eigenvalue weighted by molar-refractivity contribution is 0.243. The molecule has 0 N–H and O–H groups in total. The van der Waals surface area contributed by atoms with Gasteiger partial charge in [-0.2, -0.15) is 0 Å². The van der Waals surface area contributed by atoms with E-state index in [0.717, 1.165) is 13.0 Å². The van der Waals surface area contributed by atoms with Crippen molar-refractivity contribution in [2.75, 3.05) is 6.61 Å². The van der Waals surface area contributed by atoms with Gasteiger partial charge in [0.1, 0.15) is 0 Å². The summed E-state index contributed by atoms with van der Waals surface area (Å²) in [6.45, 7) is 3.06. The number of unbranched alkanes of at least 4 members (excludes halogenated alkanes) is 3. The minimum Gasteiger partial charge on any atom is -0.501 e. The number of hydrogen-bond acceptors (Lipinski definition) is 1. The van der Waals surface area contributed by atoms with Crippen molar-refractivity contribution in [2.45, 2.75) is 32.6 Å². The molecule has 0 amide bonds. The van der Waals surface area contributed by atoms with Crippen molar-refractivity contribution in [1.29, 1.82) is 0 Å². The Hall–Kier alpha value is -1.24. The predicted octanol–water partition coefficient (Wildman–Crippen LogP) is 4.25. The lowest BCUT2D eigenvalue weighted by Gasteiger charge is -1.99. The largest absolute Gasteiger partial charge is 0.501 e. The fraction of sp³-hybridized carbons (Fsp3) is 0.429. The van der Waals surface area contributed by atoms with Crippen LogP contribution in [0.25, 0.3) is 6.08 Å². The maximum atomic E-state index is 5.40. The Morgan fingerprint density at radius 2 is 1.87 bits per heavy atom. The van der Waals surface area contributed by atoms with Crippen LogP contribution in [0.2, 0.25) is 0 Å². The molecule has 0 saturated carbocycles. The van der Waals surface area contributed by atoms with Gasteiger partial charge in [-0.1, -0.05) is 56.5 Å². The molecule has 0 spiro atoms. The first-order chi connectivity index (χ1) is 7.43. The first-order valence-electron chi connectivity index (χ1n) is 5.76. The van der Waals surface area contributed by atoms with Gasteiger partial charge >= 0.3 is 0 Å². The van der Waals surface area contributed by atoms with E-state index < -0.39 is 0 Å². The Bertz CT molecular complexity index is 264. The van der Waals surface area contributed by atoms with Gasteiger partial charge in [0.15, 0.2) is 0 Å². The fourth-order valence-corrected chi connectivity index (χ4v) is 1.37. The molecular weight excluding hydrogens is 184 g/mol. The second-order valence-electron chi connectivity index (χ2n) is 3.64. The summed E-state index contributed by atoms with van der Waals surface area (Å²) in [7, 11) is 0. The van der Waals surface area contributed by atoms with Crippen LogP contribution in [0, 0.1) is 0 Å². The van der Waals surface area contributed by atoms with Crippen LogP contribution in [0.5, 0.6) is 0 Å². The monoisotopic (exact) mass is 204 g/mol. The molecule has 0 aliphatic rings. The van der Waals surface area contributed by atoms with Crippen molar-refractivity contribution in [3.05, 3.63) is 42.2 Å². The van der Waals surface area contributed by atoms with Gasteiger partial charge in [-0.15, -0.1) is 0 Å². The molecule has 0 aliphatic carbocycles. The van der Waals surface area contributed by atoms with Crippen molar-refractivity contribution in [3.8, 4) is 0 Å². The quantitative estimate of drug-likeness (QED) is 0.476. The minimum absolute atomic E-state index is 0.837. The first-order valence-corrected chi connectivity index (χ1v) is 5.76. The van der Waals surface area contributed by atoms with Crippen molar-refractivity contribution in [1.82, 2.24) is 0 Å². The molecule has 0 heterocycles. The van der Waals surface area contributed by atoms with E-state index in [-0.39, 0.29) is 0 Å². The van der Waals surface area contributed by atoms with Crippen LogP contribution in [0.3, 0.4) is 0 Å². The van der Waals surface area contributed by atoms with Gasteiger partial charge in [0.2, 0.25) is 0 Å². The summed E-state index contributed by atoms with van der Waals surface area (Å²) < 4.78 is 5.40. The van der Waals surface area contributed by atoms with E-state index in [2.05, 4.69) is 19.1 Å². The first kappa shape index (κ1) is 11.8. The normalized spacial score (nSPS) is 10.7. The molecule has 1 heteroatoms. The van der Waals surface area contributed by atoms with Crippen LogP contribution < -0.4 is 0 Å². The molecule has 0 fully saturated rings. The van der Waals surface area contributed by atoms with E-state index in [1.165, 1.54) is 24.8 Å². The lowest BCUT2D eigenvalue weighted by atomic mass is 10.2. The van der Waals surface area contributed by atoms with Crippen LogP contribution in [0.4, 0.5) is 0 Å². The van der Waals surface area contributed by atoms with Crippen molar-refractivity contribution < 1.29 is 4.74 Å². The summed E-state index contributed by atoms with van der Waals surface area (Å²) in [5.74, 6) is 0. The summed E-state index contributed by atoms with van der Waals surface area (Å²) >= 11 is 0. The standard InChI is InChI=1S/C14H20O/c1-2-3-4-8-12-15-13-11-14-9-6-5-7-10-14/h5-7,9-11,13H,2-4,8,12H2,1H3. The van der Waals surface area contributed by atoms with Crippen LogP contribution >= 0.6 is 0 Å². The van der Waals surface area contributed by atoms with Gasteiger partial charge in [0, 0.05) is 0 Å². The molecular formula is C14H20O. The van der Waals surface area contributed by atoms with Gasteiger partial charge in [0.05, 0.1) is 12.9 Å². The van der Waals surface area contributed by atoms with Crippen LogP contribution in [-0.4, -0.2) is 6.61 Å². The number of hydrogen-bond donors (Lipinski definition) is 0. The fourth-order valence-electron chi connectivity index (χ4n) is 1.37. The summed E-state index contributed by atoms with van der Waals surface area (Å²) in [6, 6.07) is 10.2. The molecule has 0 aliphatic heterocycles. The molecule has 0 aromatic heterocycles. The Labute approximate surface area is 92.8 Å². The van der Waals surface area contributed by atoms with Crippen molar-refractivity contribution in [2.24, 2.45) is 0 Å². The highest BCUT2D eigenvalue weighted by Gasteiger charge is 1.86. The van der Waals surface area contributed by atoms with Gasteiger partial charge in [0.25, 0.3) is 0 Å². The van der Waals surface area contributed by atoms with Gasteiger partial charge in [-0.05, 0) is 18.1 Å². The third-order valence-corrected chi connectivity index (χ3v) is 2.27. The highest BCUT2D eigenvalue weighted by molar-refractivity contribution is 5.47. The summed E-state index contributed by atoms with van der Waals surface area (Å²) in [4.78, 5) is 0. The third kappa shape index (κ3) is 5.95. The summed E-state index contributed by atoms with van der Waals surface area (Å²) in [5.41, 5.74) is 1.19. The second-order valence-corrected chi connectivity index (χ2v) is 3.64. The zero-order valence-electron chi connectivity index (χ0n) is 9.49. The molecule has 0 saturated heterocycles. The van der Waals surface area contributed by atoms with E-state index in [4.69, 9.17) is 4.74 Å². The maximum absolute atomic E-state index is 5.40. The Morgan fingerprint density at radius 1 is 1.07 bits per heavy atom. The van der Waals surface area contributed by atoms with E-state index >= 15 is 0 Å². The van der Waals surface area contributed by atoms with Crippen molar-refractivity contribution >= 4 is 6.08 Å². The summed E-state index contributed by atoms with van der Waals surface area (Å²) in [5, 5.41) is 0. The number of benzene rings is 1. The Kier molecular flexibility index (Phi) is 6.39. The third-order valence-electron chi connectivity index (χ3n) is 2.27. The zero-order valence-corrected chi connectivity index (χ0v) is 9.49. The molecule has 1 rings (SSSR count). The molecule has 82 valence electrons. The van der Waals surface area contributed by atoms with Gasteiger partial charge < -0.3 is 4.74 Å². The maximum Gasteiger partial charge on any atom is 0.0873 e. The second kappa shape index (κ2) is 8.10. The molecule has 1 aromatic carbocycles. The predicted molar refractivity (Wildman–Crippen MR) is 65.6 cm³/mol. The number of rotatable bonds is 7. The Balaban J connectivity index is 2.07. The lowest BCUT2D eigenvalue weighted by Crippen LogP contribution is -1.87. The average Bonchev–Trinajstić information content (AvgIpc) is 2.29. The summed E-state index contributed by atoms with van der Waals surface area (Å²) in [6.07, 6.45) is 8.81. The molecule has 1 nitrogen and oxygen atoms in total. The van der Waals surface area contributed by atoms with Crippen LogP contribution in [0.15, 0.2) is 36.6 Å². The highest BCUT2D eigenvalue weighted by Crippen LogP contribution is 2.02. The zero-order chi connectivity index (χ0) is 10.8. The molecule has 0 radical (unpaired) electrons. The molecule has 0 atom stereocenters. The van der Waals surface area contributed by atoms with Gasteiger partial charge in [-0.3, -0.25) is 0 Å². The van der Waals surface area contributed by atoms with Crippen molar-refractivity contribution in [3.63, 3.8) is 0 Å². The van der Waals surface area contributed by atoms with Crippen LogP contribution in [0.1, 0.15) is 38.2 Å². The number of ether oxygens (including phenoxy) is 1. The van der Waals surface area contributed by atoms with E-state index in [1.807, 2.05) is 24.3 Å². The SMILES string of the molecule is CCCCCCOC=Cc1ccccc1. The average molecular weight is 204 g/mol. The molecule has 0 unspecified atom stereocenters. The Morgan fingerprint density at radius 3 is 2.60 bits per heavy atom. The highest BCUT2D eigenvalue weighted by atomic mass is 16.5. The smallest absolute Gasteiger partial charge is 0.0873 e. The van der Waals surface area contributed by atoms with Crippen LogP contribution in [-0.2, 0) is 4.74 Å². The molecule has 1 aromatic rings. The van der Waals surface area contributed by atoms with E-state index in [9.17, 15) is 0 Å². The van der Waals surface area contributed by atoms with E-state index in [0.29, 0.717) is 0 Å². The molecule has 0 bridgehead atoms. The topological polar surface area (TPSA) is 9.23 Å². The van der Waals surface area contributed by atoms with Gasteiger partial charge in [-0.25, -0.2) is 0 Å². The van der Waals surface area contributed by atoms with E-state index in [1.54, 1.807) is 6.26 Å². The molecule has 15 heavy (non-hydrogen) atoms.